The van der Waals surface area contributed by atoms with Gasteiger partial charge in [0.05, 0.1) is 0 Å². The van der Waals surface area contributed by atoms with E-state index in [1.54, 1.807) is 16.7 Å². The van der Waals surface area contributed by atoms with Crippen molar-refractivity contribution in [2.24, 2.45) is 0 Å². The van der Waals surface area contributed by atoms with Crippen molar-refractivity contribution in [2.45, 2.75) is 33.1 Å². The van der Waals surface area contributed by atoms with Crippen LogP contribution in [0.4, 0.5) is 4.79 Å². The van der Waals surface area contributed by atoms with E-state index in [1.807, 2.05) is 6.92 Å². The molecule has 8 nitrogen and oxygen atoms in total. The molecular weight excluding hydrogens is 286 g/mol. The smallest absolute Gasteiger partial charge is 0.317 e. The van der Waals surface area contributed by atoms with Crippen molar-refractivity contribution < 1.29 is 14.0 Å². The second-order valence-corrected chi connectivity index (χ2v) is 5.31. The predicted octanol–water partition coefficient (Wildman–Crippen LogP) is 0.574. The lowest BCUT2D eigenvalue weighted by atomic mass is 10.2. The van der Waals surface area contributed by atoms with Gasteiger partial charge in [0.25, 0.3) is 0 Å². The van der Waals surface area contributed by atoms with Crippen LogP contribution in [0.15, 0.2) is 4.42 Å². The molecule has 0 bridgehead atoms. The molecule has 2 heterocycles. The van der Waals surface area contributed by atoms with E-state index in [0.717, 1.165) is 6.42 Å². The minimum Gasteiger partial charge on any atom is -0.426 e. The summed E-state index contributed by atoms with van der Waals surface area (Å²) in [5, 5.41) is 10.5. The van der Waals surface area contributed by atoms with Crippen LogP contribution in [0.25, 0.3) is 0 Å². The number of aromatic nitrogens is 2. The monoisotopic (exact) mass is 309 g/mol. The molecule has 0 spiro atoms. The van der Waals surface area contributed by atoms with Gasteiger partial charge in [-0.05, 0) is 6.42 Å². The number of amides is 3. The Morgan fingerprint density at radius 2 is 1.86 bits per heavy atom. The largest absolute Gasteiger partial charge is 0.426 e. The third kappa shape index (κ3) is 4.44. The highest BCUT2D eigenvalue weighted by atomic mass is 16.4. The first-order chi connectivity index (χ1) is 10.6. The van der Waals surface area contributed by atoms with Gasteiger partial charge in [-0.25, -0.2) is 4.79 Å². The van der Waals surface area contributed by atoms with Crippen LogP contribution in [0, 0.1) is 6.92 Å². The van der Waals surface area contributed by atoms with Crippen LogP contribution in [0.5, 0.6) is 0 Å². The Bertz CT molecular complexity index is 508. The van der Waals surface area contributed by atoms with Crippen LogP contribution >= 0.6 is 0 Å². The highest BCUT2D eigenvalue weighted by molar-refractivity contribution is 5.77. The van der Waals surface area contributed by atoms with Crippen LogP contribution in [0.2, 0.25) is 0 Å². The van der Waals surface area contributed by atoms with Gasteiger partial charge in [0.15, 0.2) is 0 Å². The molecule has 1 saturated heterocycles. The van der Waals surface area contributed by atoms with Gasteiger partial charge in [-0.3, -0.25) is 4.79 Å². The number of piperazine rings is 1. The number of nitrogens with one attached hydrogen (secondary N) is 1. The Balaban J connectivity index is 1.71. The van der Waals surface area contributed by atoms with E-state index in [1.165, 1.54) is 0 Å². The van der Waals surface area contributed by atoms with Crippen LogP contribution in [0.1, 0.15) is 31.5 Å². The Morgan fingerprint density at radius 1 is 1.18 bits per heavy atom. The summed E-state index contributed by atoms with van der Waals surface area (Å²) in [5.74, 6) is 1.06. The van der Waals surface area contributed by atoms with Crippen molar-refractivity contribution in [1.82, 2.24) is 25.3 Å². The molecule has 2 rings (SSSR count). The van der Waals surface area contributed by atoms with E-state index in [0.29, 0.717) is 57.3 Å². The number of hydrogen-bond donors (Lipinski definition) is 1. The van der Waals surface area contributed by atoms with Crippen molar-refractivity contribution >= 4 is 11.9 Å². The van der Waals surface area contributed by atoms with E-state index in [4.69, 9.17) is 4.42 Å². The van der Waals surface area contributed by atoms with E-state index < -0.39 is 0 Å². The minimum atomic E-state index is -0.0460. The van der Waals surface area contributed by atoms with Gasteiger partial charge in [0, 0.05) is 52.5 Å². The molecule has 0 aliphatic carbocycles. The number of hydrogen-bond acceptors (Lipinski definition) is 5. The van der Waals surface area contributed by atoms with Crippen molar-refractivity contribution in [3.63, 3.8) is 0 Å². The first kappa shape index (κ1) is 16.3. The predicted molar refractivity (Wildman–Crippen MR) is 79.2 cm³/mol. The van der Waals surface area contributed by atoms with E-state index in [2.05, 4.69) is 15.5 Å². The summed E-state index contributed by atoms with van der Waals surface area (Å²) < 4.78 is 5.25. The van der Waals surface area contributed by atoms with Crippen molar-refractivity contribution in [3.05, 3.63) is 11.8 Å². The Morgan fingerprint density at radius 3 is 2.45 bits per heavy atom. The summed E-state index contributed by atoms with van der Waals surface area (Å²) in [6.45, 7) is 6.70. The molecular formula is C14H23N5O3. The normalized spacial score (nSPS) is 15.0. The zero-order chi connectivity index (χ0) is 15.9. The average molecular weight is 309 g/mol. The number of carbonyl (C=O) groups excluding carboxylic acids is 2. The zero-order valence-corrected chi connectivity index (χ0v) is 13.2. The summed E-state index contributed by atoms with van der Waals surface area (Å²) in [6.07, 6.45) is 1.72. The Labute approximate surface area is 129 Å². The first-order valence-corrected chi connectivity index (χ1v) is 7.69. The van der Waals surface area contributed by atoms with E-state index in [9.17, 15) is 9.59 Å². The molecule has 1 aromatic rings. The van der Waals surface area contributed by atoms with Crippen LogP contribution in [-0.4, -0.2) is 64.7 Å². The summed E-state index contributed by atoms with van der Waals surface area (Å²) in [6, 6.07) is -0.0460. The molecule has 3 amide bonds. The number of nitrogens with zero attached hydrogens (tertiary/aromatic N) is 4. The van der Waals surface area contributed by atoms with Crippen LogP contribution in [0.3, 0.4) is 0 Å². The fraction of sp³-hybridized carbons (Fsp3) is 0.714. The number of aryl methyl sites for hydroxylation is 2. The van der Waals surface area contributed by atoms with Crippen molar-refractivity contribution in [2.75, 3.05) is 32.7 Å². The second-order valence-electron chi connectivity index (χ2n) is 5.31. The summed E-state index contributed by atoms with van der Waals surface area (Å²) in [7, 11) is 0. The summed E-state index contributed by atoms with van der Waals surface area (Å²) in [4.78, 5) is 27.5. The number of carbonyl (C=O) groups is 2. The van der Waals surface area contributed by atoms with Crippen LogP contribution < -0.4 is 5.32 Å². The topological polar surface area (TPSA) is 91.6 Å². The molecule has 0 atom stereocenters. The fourth-order valence-corrected chi connectivity index (χ4v) is 2.31. The first-order valence-electron chi connectivity index (χ1n) is 7.69. The molecule has 0 saturated carbocycles. The molecule has 1 N–H and O–H groups in total. The SMILES string of the molecule is CCCNC(=O)N1CCN(C(=O)CCc2nnc(C)o2)CC1. The Hall–Kier alpha value is -2.12. The Kier molecular flexibility index (Phi) is 5.74. The average Bonchev–Trinajstić information content (AvgIpc) is 2.96. The molecule has 22 heavy (non-hydrogen) atoms. The van der Waals surface area contributed by atoms with Crippen molar-refractivity contribution in [3.8, 4) is 0 Å². The highest BCUT2D eigenvalue weighted by Gasteiger charge is 2.23. The molecule has 1 fully saturated rings. The lowest BCUT2D eigenvalue weighted by Crippen LogP contribution is -2.53. The van der Waals surface area contributed by atoms with Gasteiger partial charge < -0.3 is 19.5 Å². The third-order valence-electron chi connectivity index (χ3n) is 3.57. The minimum absolute atomic E-state index is 0.0460. The van der Waals surface area contributed by atoms with Gasteiger partial charge in [-0.2, -0.15) is 0 Å². The molecule has 0 radical (unpaired) electrons. The fourth-order valence-electron chi connectivity index (χ4n) is 2.31. The molecule has 0 aromatic carbocycles. The summed E-state index contributed by atoms with van der Waals surface area (Å²) in [5.41, 5.74) is 0. The molecule has 8 heteroatoms. The molecule has 122 valence electrons. The van der Waals surface area contributed by atoms with Gasteiger partial charge in [0.2, 0.25) is 17.7 Å². The highest BCUT2D eigenvalue weighted by Crippen LogP contribution is 2.07. The number of urea groups is 1. The lowest BCUT2D eigenvalue weighted by Gasteiger charge is -2.34. The third-order valence-corrected chi connectivity index (χ3v) is 3.57. The van der Waals surface area contributed by atoms with E-state index >= 15 is 0 Å². The molecule has 1 aromatic heterocycles. The second kappa shape index (κ2) is 7.77. The van der Waals surface area contributed by atoms with Crippen molar-refractivity contribution in [1.29, 1.82) is 0 Å². The lowest BCUT2D eigenvalue weighted by molar-refractivity contribution is -0.132. The maximum Gasteiger partial charge on any atom is 0.317 e. The number of rotatable bonds is 5. The molecule has 1 aliphatic rings. The maximum atomic E-state index is 12.1. The van der Waals surface area contributed by atoms with Crippen LogP contribution in [-0.2, 0) is 11.2 Å². The van der Waals surface area contributed by atoms with Gasteiger partial charge in [-0.15, -0.1) is 10.2 Å². The summed E-state index contributed by atoms with van der Waals surface area (Å²) >= 11 is 0. The standard InChI is InChI=1S/C14H23N5O3/c1-3-6-15-14(21)19-9-7-18(8-10-19)13(20)5-4-12-17-16-11(2)22-12/h3-10H2,1-2H3,(H,15,21). The van der Waals surface area contributed by atoms with Gasteiger partial charge >= 0.3 is 6.03 Å². The van der Waals surface area contributed by atoms with Gasteiger partial charge in [0.1, 0.15) is 0 Å². The molecule has 0 unspecified atom stereocenters. The quantitative estimate of drug-likeness (QED) is 0.859. The maximum absolute atomic E-state index is 12.1. The molecule has 1 aliphatic heterocycles. The zero-order valence-electron chi connectivity index (χ0n) is 13.2. The van der Waals surface area contributed by atoms with Gasteiger partial charge in [-0.1, -0.05) is 6.92 Å². The van der Waals surface area contributed by atoms with E-state index in [-0.39, 0.29) is 11.9 Å².